The van der Waals surface area contributed by atoms with Gasteiger partial charge in [0.1, 0.15) is 0 Å². The molecule has 0 fully saturated rings. The zero-order chi connectivity index (χ0) is 4.50. The molecule has 0 aromatic carbocycles. The van der Waals surface area contributed by atoms with Crippen molar-refractivity contribution in [3.63, 3.8) is 0 Å². The first-order chi connectivity index (χ1) is 2.00. The van der Waals surface area contributed by atoms with E-state index in [0.29, 0.717) is 0 Å². The Bertz CT molecular complexity index is 90.7. The Balaban J connectivity index is 0. The minimum atomic E-state index is -5.52. The topological polar surface area (TPSA) is 74.6 Å². The summed E-state index contributed by atoms with van der Waals surface area (Å²) in [7, 11) is 0. The molecule has 0 radical (unpaired) electrons. The van der Waals surface area contributed by atoms with Crippen LogP contribution in [0.15, 0.2) is 0 Å². The van der Waals surface area contributed by atoms with Crippen molar-refractivity contribution in [2.24, 2.45) is 0 Å². The molecule has 6 heavy (non-hydrogen) atoms. The Morgan fingerprint density at radius 2 is 1.17 bits per heavy atom. The quantitative estimate of drug-likeness (QED) is 0.535. The molecular formula is H2CdMoO4. The van der Waals surface area contributed by atoms with Gasteiger partial charge in [-0.2, -0.15) is 0 Å². The summed E-state index contributed by atoms with van der Waals surface area (Å²) in [4.78, 5) is 0. The summed E-state index contributed by atoms with van der Waals surface area (Å²) in [5.41, 5.74) is 0. The summed E-state index contributed by atoms with van der Waals surface area (Å²) in [5.74, 6) is 0. The van der Waals surface area contributed by atoms with E-state index in [0.717, 1.165) is 0 Å². The maximum atomic E-state index is 8.85. The zero-order valence-corrected chi connectivity index (χ0v) is 8.87. The Labute approximate surface area is 58.1 Å². The van der Waals surface area contributed by atoms with E-state index in [-0.39, 0.29) is 27.3 Å². The Kier molecular flexibility index (Phi) is 5.39. The van der Waals surface area contributed by atoms with Crippen molar-refractivity contribution in [3.05, 3.63) is 0 Å². The van der Waals surface area contributed by atoms with Gasteiger partial charge in [0.2, 0.25) is 0 Å². The molecular weight excluding hydrogens is 272 g/mol. The van der Waals surface area contributed by atoms with Crippen molar-refractivity contribution in [2.75, 3.05) is 0 Å². The van der Waals surface area contributed by atoms with Crippen LogP contribution in [0.5, 0.6) is 0 Å². The molecule has 0 aromatic heterocycles. The fourth-order valence-corrected chi connectivity index (χ4v) is 0. The van der Waals surface area contributed by atoms with Crippen LogP contribution in [-0.4, -0.2) is 7.52 Å². The first kappa shape index (κ1) is 10.2. The first-order valence-electron chi connectivity index (χ1n) is 0.698. The van der Waals surface area contributed by atoms with Gasteiger partial charge in [0.25, 0.3) is 0 Å². The molecule has 4 nitrogen and oxygen atoms in total. The SMILES string of the molecule is [Cd].[O]=[Mo](=[O])([OH])[OH]. The monoisotopic (exact) mass is 278 g/mol. The predicted molar refractivity (Wildman–Crippen MR) is 5.81 cm³/mol. The van der Waals surface area contributed by atoms with E-state index in [2.05, 4.69) is 0 Å². The molecule has 0 rings (SSSR count). The van der Waals surface area contributed by atoms with Gasteiger partial charge < -0.3 is 0 Å². The van der Waals surface area contributed by atoms with Crippen LogP contribution in [0, 0.1) is 0 Å². The summed E-state index contributed by atoms with van der Waals surface area (Å²) < 4.78 is 32.0. The van der Waals surface area contributed by atoms with Gasteiger partial charge >= 0.3 is 31.1 Å². The number of hydrogen-bond acceptors (Lipinski definition) is 2. The fraction of sp³-hybridized carbons (Fsp3) is 0. The third kappa shape index (κ3) is 68.5. The molecule has 0 aliphatic heterocycles. The van der Waals surface area contributed by atoms with Gasteiger partial charge in [0, 0.05) is 27.3 Å². The normalized spacial score (nSPS) is 9.67. The molecule has 0 saturated carbocycles. The number of hydrogen-bond donors (Lipinski definition) is 2. The third-order valence-electron chi connectivity index (χ3n) is 0. The summed E-state index contributed by atoms with van der Waals surface area (Å²) in [6.45, 7) is 0. The van der Waals surface area contributed by atoms with Crippen LogP contribution in [0.25, 0.3) is 0 Å². The van der Waals surface area contributed by atoms with Gasteiger partial charge in [-0.1, -0.05) is 0 Å². The molecule has 0 atom stereocenters. The van der Waals surface area contributed by atoms with Crippen LogP contribution >= 0.6 is 0 Å². The van der Waals surface area contributed by atoms with E-state index < -0.39 is 16.7 Å². The fourth-order valence-electron chi connectivity index (χ4n) is 0. The van der Waals surface area contributed by atoms with E-state index in [1.807, 2.05) is 0 Å². The average molecular weight is 274 g/mol. The van der Waals surface area contributed by atoms with Gasteiger partial charge in [0.05, 0.1) is 0 Å². The summed E-state index contributed by atoms with van der Waals surface area (Å²) in [5, 5.41) is 0. The van der Waals surface area contributed by atoms with Gasteiger partial charge in [-0.3, -0.25) is 0 Å². The molecule has 2 N–H and O–H groups in total. The van der Waals surface area contributed by atoms with E-state index >= 15 is 0 Å². The molecule has 0 aliphatic carbocycles. The van der Waals surface area contributed by atoms with Crippen LogP contribution in [0.4, 0.5) is 0 Å². The molecule has 0 bridgehead atoms. The van der Waals surface area contributed by atoms with Crippen LogP contribution in [0.3, 0.4) is 0 Å². The number of rotatable bonds is 0. The average Bonchev–Trinajstić information content (AvgIpc) is 0.722. The Morgan fingerprint density at radius 3 is 1.17 bits per heavy atom. The second-order valence-electron chi connectivity index (χ2n) is 0.448. The van der Waals surface area contributed by atoms with Crippen molar-refractivity contribution in [1.29, 1.82) is 0 Å². The van der Waals surface area contributed by atoms with E-state index in [1.54, 1.807) is 0 Å². The van der Waals surface area contributed by atoms with Crippen molar-refractivity contribution in [1.82, 2.24) is 0 Å². The van der Waals surface area contributed by atoms with Gasteiger partial charge in [-0.05, 0) is 0 Å². The van der Waals surface area contributed by atoms with Gasteiger partial charge in [0.15, 0.2) is 0 Å². The Morgan fingerprint density at radius 1 is 1.17 bits per heavy atom. The predicted octanol–water partition coefficient (Wildman–Crippen LogP) is -1.36. The van der Waals surface area contributed by atoms with Gasteiger partial charge in [-0.25, -0.2) is 0 Å². The van der Waals surface area contributed by atoms with Crippen molar-refractivity contribution < 1.29 is 58.4 Å². The van der Waals surface area contributed by atoms with Crippen LogP contribution in [0.2, 0.25) is 0 Å². The van der Waals surface area contributed by atoms with Crippen molar-refractivity contribution in [2.45, 2.75) is 0 Å². The standard InChI is InChI=1S/Cd.Mo.2H2O.2O/h;;2*1H2;;/q;+2;;;;/p-2. The molecule has 0 heterocycles. The first-order valence-corrected chi connectivity index (χ1v) is 4.13. The third-order valence-corrected chi connectivity index (χ3v) is 0. The molecule has 0 amide bonds. The molecule has 0 unspecified atom stereocenters. The summed E-state index contributed by atoms with van der Waals surface area (Å²) >= 11 is -5.52. The van der Waals surface area contributed by atoms with Crippen LogP contribution < -0.4 is 0 Å². The second-order valence-corrected chi connectivity index (χ2v) is 2.65. The van der Waals surface area contributed by atoms with Crippen LogP contribution in [-0.2, 0) is 50.8 Å². The van der Waals surface area contributed by atoms with Crippen molar-refractivity contribution >= 4 is 0 Å². The molecule has 0 spiro atoms. The molecule has 34 valence electrons. The van der Waals surface area contributed by atoms with Gasteiger partial charge in [-0.15, -0.1) is 0 Å². The van der Waals surface area contributed by atoms with Crippen LogP contribution in [0.1, 0.15) is 0 Å². The van der Waals surface area contributed by atoms with Crippen molar-refractivity contribution in [3.8, 4) is 0 Å². The zero-order valence-electron chi connectivity index (χ0n) is 2.83. The minimum absolute atomic E-state index is 0. The Hall–Kier alpha value is 1.13. The summed E-state index contributed by atoms with van der Waals surface area (Å²) in [6, 6.07) is 0. The molecule has 0 aromatic rings. The molecule has 0 aliphatic rings. The van der Waals surface area contributed by atoms with E-state index in [9.17, 15) is 0 Å². The summed E-state index contributed by atoms with van der Waals surface area (Å²) in [6.07, 6.45) is 0. The maximum absolute atomic E-state index is 8.85. The molecule has 6 heteroatoms. The second kappa shape index (κ2) is 3.17. The molecule has 0 saturated heterocycles. The van der Waals surface area contributed by atoms with E-state index in [4.69, 9.17) is 14.3 Å². The van der Waals surface area contributed by atoms with E-state index in [1.165, 1.54) is 0 Å².